The summed E-state index contributed by atoms with van der Waals surface area (Å²) >= 11 is 0. The topological polar surface area (TPSA) is 60.2 Å². The number of aliphatic hydroxyl groups is 1. The molecule has 1 heterocycles. The molecule has 0 aliphatic rings. The number of methoxy groups -OCH3 is 1. The largest absolute Gasteiger partial charge is 0.497 e. The minimum absolute atomic E-state index is 0.127. The molecule has 5 nitrogen and oxygen atoms in total. The number of rotatable bonds is 5. The van der Waals surface area contributed by atoms with Crippen molar-refractivity contribution in [2.45, 2.75) is 13.0 Å². The van der Waals surface area contributed by atoms with Crippen molar-refractivity contribution < 1.29 is 9.84 Å². The average molecular weight is 295 g/mol. The summed E-state index contributed by atoms with van der Waals surface area (Å²) in [6, 6.07) is 17.6. The van der Waals surface area contributed by atoms with Crippen LogP contribution in [-0.2, 0) is 13.0 Å². The van der Waals surface area contributed by atoms with Crippen molar-refractivity contribution in [2.75, 3.05) is 7.11 Å². The molecule has 0 fully saturated rings. The van der Waals surface area contributed by atoms with E-state index in [1.54, 1.807) is 11.8 Å². The molecule has 0 amide bonds. The molecular weight excluding hydrogens is 278 g/mol. The number of benzene rings is 2. The average Bonchev–Trinajstić information content (AvgIpc) is 2.99. The minimum atomic E-state index is -0.127. The van der Waals surface area contributed by atoms with E-state index in [9.17, 15) is 5.11 Å². The minimum Gasteiger partial charge on any atom is -0.497 e. The van der Waals surface area contributed by atoms with Gasteiger partial charge < -0.3 is 9.84 Å². The third-order valence-corrected chi connectivity index (χ3v) is 3.52. The molecule has 3 aromatic rings. The number of hydrogen-bond donors (Lipinski definition) is 1. The number of ether oxygens (including phenoxy) is 1. The Hall–Kier alpha value is -2.66. The number of para-hydroxylation sites is 1. The highest BCUT2D eigenvalue weighted by atomic mass is 16.5. The second-order valence-electron chi connectivity index (χ2n) is 4.91. The van der Waals surface area contributed by atoms with E-state index in [1.165, 1.54) is 0 Å². The molecule has 1 N–H and O–H groups in total. The molecule has 0 unspecified atom stereocenters. The smallest absolute Gasteiger partial charge is 0.118 e. The van der Waals surface area contributed by atoms with E-state index in [0.717, 1.165) is 22.7 Å². The number of nitrogens with zero attached hydrogens (tertiary/aromatic N) is 3. The van der Waals surface area contributed by atoms with Gasteiger partial charge in [-0.1, -0.05) is 35.5 Å². The summed E-state index contributed by atoms with van der Waals surface area (Å²) in [6.45, 7) is -0.127. The van der Waals surface area contributed by atoms with Gasteiger partial charge in [-0.3, -0.25) is 0 Å². The Bertz CT molecular complexity index is 736. The summed E-state index contributed by atoms with van der Waals surface area (Å²) in [5, 5.41) is 17.8. The van der Waals surface area contributed by atoms with Gasteiger partial charge in [-0.15, -0.1) is 5.10 Å². The lowest BCUT2D eigenvalue weighted by molar-refractivity contribution is 0.275. The van der Waals surface area contributed by atoms with Crippen molar-refractivity contribution >= 4 is 0 Å². The highest BCUT2D eigenvalue weighted by Crippen LogP contribution is 2.19. The van der Waals surface area contributed by atoms with Gasteiger partial charge >= 0.3 is 0 Å². The zero-order valence-corrected chi connectivity index (χ0v) is 12.3. The van der Waals surface area contributed by atoms with Crippen LogP contribution in [0.3, 0.4) is 0 Å². The molecule has 112 valence electrons. The maximum atomic E-state index is 9.50. The zero-order chi connectivity index (χ0) is 15.4. The van der Waals surface area contributed by atoms with Crippen LogP contribution in [0.2, 0.25) is 0 Å². The standard InChI is InChI=1S/C17H17N3O2/c1-22-15-9-7-13(8-10-15)11-17-16(12-21)18-19-20(17)14-5-3-2-4-6-14/h2-10,21H,11-12H2,1H3. The van der Waals surface area contributed by atoms with Gasteiger partial charge in [-0.2, -0.15) is 0 Å². The van der Waals surface area contributed by atoms with Gasteiger partial charge in [0.05, 0.1) is 25.1 Å². The Balaban J connectivity index is 1.96. The quantitative estimate of drug-likeness (QED) is 0.785. The normalized spacial score (nSPS) is 10.6. The third kappa shape index (κ3) is 2.84. The fraction of sp³-hybridized carbons (Fsp3) is 0.176. The van der Waals surface area contributed by atoms with Crippen LogP contribution in [0, 0.1) is 0 Å². The second-order valence-corrected chi connectivity index (χ2v) is 4.91. The van der Waals surface area contributed by atoms with Gasteiger partial charge in [0.1, 0.15) is 11.4 Å². The summed E-state index contributed by atoms with van der Waals surface area (Å²) in [5.41, 5.74) is 3.52. The first-order valence-corrected chi connectivity index (χ1v) is 7.04. The molecular formula is C17H17N3O2. The molecule has 3 rings (SSSR count). The van der Waals surface area contributed by atoms with Crippen molar-refractivity contribution in [3.8, 4) is 11.4 Å². The molecule has 0 spiro atoms. The summed E-state index contributed by atoms with van der Waals surface area (Å²) in [5.74, 6) is 0.820. The fourth-order valence-corrected chi connectivity index (χ4v) is 2.35. The highest BCUT2D eigenvalue weighted by molar-refractivity contribution is 5.36. The van der Waals surface area contributed by atoms with Gasteiger partial charge in [-0.25, -0.2) is 4.68 Å². The van der Waals surface area contributed by atoms with E-state index in [1.807, 2.05) is 54.6 Å². The first-order chi connectivity index (χ1) is 10.8. The van der Waals surface area contributed by atoms with Crippen LogP contribution in [0.1, 0.15) is 17.0 Å². The SMILES string of the molecule is COc1ccc(Cc2c(CO)nnn2-c2ccccc2)cc1. The maximum Gasteiger partial charge on any atom is 0.118 e. The van der Waals surface area contributed by atoms with Crippen LogP contribution in [0.15, 0.2) is 54.6 Å². The van der Waals surface area contributed by atoms with E-state index >= 15 is 0 Å². The summed E-state index contributed by atoms with van der Waals surface area (Å²) in [4.78, 5) is 0. The predicted octanol–water partition coefficient (Wildman–Crippen LogP) is 2.36. The van der Waals surface area contributed by atoms with Crippen molar-refractivity contribution in [1.29, 1.82) is 0 Å². The van der Waals surface area contributed by atoms with Crippen molar-refractivity contribution in [1.82, 2.24) is 15.0 Å². The molecule has 0 atom stereocenters. The van der Waals surface area contributed by atoms with E-state index < -0.39 is 0 Å². The van der Waals surface area contributed by atoms with Crippen LogP contribution in [0.4, 0.5) is 0 Å². The maximum absolute atomic E-state index is 9.50. The van der Waals surface area contributed by atoms with E-state index in [-0.39, 0.29) is 6.61 Å². The summed E-state index contributed by atoms with van der Waals surface area (Å²) in [7, 11) is 1.65. The van der Waals surface area contributed by atoms with E-state index in [0.29, 0.717) is 12.1 Å². The third-order valence-electron chi connectivity index (χ3n) is 3.52. The van der Waals surface area contributed by atoms with E-state index in [2.05, 4.69) is 10.3 Å². The van der Waals surface area contributed by atoms with Crippen LogP contribution in [0.25, 0.3) is 5.69 Å². The lowest BCUT2D eigenvalue weighted by Gasteiger charge is -2.08. The zero-order valence-electron chi connectivity index (χ0n) is 12.3. The van der Waals surface area contributed by atoms with Crippen LogP contribution >= 0.6 is 0 Å². The Morgan fingerprint density at radius 3 is 2.41 bits per heavy atom. The molecule has 22 heavy (non-hydrogen) atoms. The van der Waals surface area contributed by atoms with Crippen molar-refractivity contribution in [3.05, 3.63) is 71.5 Å². The summed E-state index contributed by atoms with van der Waals surface area (Å²) in [6.07, 6.45) is 0.641. The molecule has 0 aliphatic carbocycles. The summed E-state index contributed by atoms with van der Waals surface area (Å²) < 4.78 is 6.95. The Morgan fingerprint density at radius 1 is 1.05 bits per heavy atom. The van der Waals surface area contributed by atoms with Crippen LogP contribution in [0.5, 0.6) is 5.75 Å². The van der Waals surface area contributed by atoms with Crippen LogP contribution in [-0.4, -0.2) is 27.2 Å². The molecule has 0 radical (unpaired) electrons. The predicted molar refractivity (Wildman–Crippen MR) is 83.1 cm³/mol. The molecule has 1 aromatic heterocycles. The van der Waals surface area contributed by atoms with Gasteiger partial charge in [-0.05, 0) is 29.8 Å². The lowest BCUT2D eigenvalue weighted by Crippen LogP contribution is -2.04. The van der Waals surface area contributed by atoms with Crippen LogP contribution < -0.4 is 4.74 Å². The molecule has 2 aromatic carbocycles. The Kier molecular flexibility index (Phi) is 4.16. The Morgan fingerprint density at radius 2 is 1.77 bits per heavy atom. The molecule has 0 bridgehead atoms. The van der Waals surface area contributed by atoms with E-state index in [4.69, 9.17) is 4.74 Å². The number of aliphatic hydroxyl groups excluding tert-OH is 1. The fourth-order valence-electron chi connectivity index (χ4n) is 2.35. The monoisotopic (exact) mass is 295 g/mol. The molecule has 0 saturated carbocycles. The van der Waals surface area contributed by atoms with Gasteiger partial charge in [0, 0.05) is 6.42 Å². The van der Waals surface area contributed by atoms with Crippen molar-refractivity contribution in [2.24, 2.45) is 0 Å². The number of aromatic nitrogens is 3. The first-order valence-electron chi connectivity index (χ1n) is 7.04. The van der Waals surface area contributed by atoms with Gasteiger partial charge in [0.25, 0.3) is 0 Å². The molecule has 5 heteroatoms. The molecule has 0 saturated heterocycles. The number of hydrogen-bond acceptors (Lipinski definition) is 4. The highest BCUT2D eigenvalue weighted by Gasteiger charge is 2.14. The van der Waals surface area contributed by atoms with Gasteiger partial charge in [0.2, 0.25) is 0 Å². The van der Waals surface area contributed by atoms with Crippen molar-refractivity contribution in [3.63, 3.8) is 0 Å². The second kappa shape index (κ2) is 6.41. The molecule has 0 aliphatic heterocycles. The van der Waals surface area contributed by atoms with Gasteiger partial charge in [0.15, 0.2) is 0 Å². The first kappa shape index (κ1) is 14.3. The Labute approximate surface area is 128 Å². The lowest BCUT2D eigenvalue weighted by atomic mass is 10.1.